The molecule has 0 bridgehead atoms. The lowest BCUT2D eigenvalue weighted by Gasteiger charge is -2.55. The van der Waals surface area contributed by atoms with E-state index in [9.17, 15) is 14.4 Å². The van der Waals surface area contributed by atoms with Gasteiger partial charge in [0.15, 0.2) is 0 Å². The van der Waals surface area contributed by atoms with Crippen LogP contribution in [0.1, 0.15) is 87.0 Å². The van der Waals surface area contributed by atoms with Gasteiger partial charge < -0.3 is 24.2 Å². The van der Waals surface area contributed by atoms with Crippen LogP contribution in [0.2, 0.25) is 0 Å². The van der Waals surface area contributed by atoms with Crippen LogP contribution in [0.5, 0.6) is 0 Å². The van der Waals surface area contributed by atoms with E-state index in [0.717, 1.165) is 82.4 Å². The summed E-state index contributed by atoms with van der Waals surface area (Å²) in [5.41, 5.74) is 1.69. The fraction of sp³-hybridized carbons (Fsp3) is 0.781. The Bertz CT molecular complexity index is 1160. The van der Waals surface area contributed by atoms with E-state index in [1.54, 1.807) is 4.90 Å². The number of ether oxygens (including phenoxy) is 2. The third-order valence-electron chi connectivity index (χ3n) is 10.8. The summed E-state index contributed by atoms with van der Waals surface area (Å²) in [4.78, 5) is 55.3. The van der Waals surface area contributed by atoms with Crippen molar-refractivity contribution in [1.29, 1.82) is 0 Å². The molecule has 0 aliphatic carbocycles. The predicted octanol–water partition coefficient (Wildman–Crippen LogP) is 4.27. The average molecular weight is 599 g/mol. The maximum Gasteiger partial charge on any atom is 0.410 e. The number of hydrogen-bond donors (Lipinski definition) is 0. The first-order valence-corrected chi connectivity index (χ1v) is 16.2. The van der Waals surface area contributed by atoms with E-state index in [1.807, 2.05) is 23.6 Å². The first-order chi connectivity index (χ1) is 20.6. The van der Waals surface area contributed by atoms with E-state index in [4.69, 9.17) is 9.47 Å². The van der Waals surface area contributed by atoms with Crippen LogP contribution in [-0.4, -0.2) is 118 Å². The smallest absolute Gasteiger partial charge is 0.410 e. The number of amides is 3. The van der Waals surface area contributed by atoms with E-state index in [1.165, 1.54) is 13.4 Å². The van der Waals surface area contributed by atoms with Crippen molar-refractivity contribution in [1.82, 2.24) is 29.6 Å². The molecule has 5 rings (SSSR count). The number of nitrogens with zero attached hydrogens (tertiary/aromatic N) is 6. The zero-order valence-electron chi connectivity index (χ0n) is 26.8. The highest BCUT2D eigenvalue weighted by Crippen LogP contribution is 2.43. The first-order valence-electron chi connectivity index (χ1n) is 16.2. The zero-order valence-corrected chi connectivity index (χ0v) is 26.8. The standard InChI is InChI=1S/C32H50N6O5/c1-6-7-8-26-21-37(20-25-9-14-36(19-25)29(40)42-5)30(41)43-32(26)12-17-38(18-13-32)31(4)10-15-35(16-11-31)28(39)27-23(2)33-22-34-24(27)3/h22,25-26H,6-21H2,1-5H3. The molecule has 5 heterocycles. The van der Waals surface area contributed by atoms with E-state index in [-0.39, 0.29) is 29.6 Å². The number of aromatic nitrogens is 2. The number of rotatable bonds is 7. The highest BCUT2D eigenvalue weighted by atomic mass is 16.6. The number of carbonyl (C=O) groups excluding carboxylic acids is 3. The summed E-state index contributed by atoms with van der Waals surface area (Å²) in [6, 6.07) is 0. The van der Waals surface area contributed by atoms with Gasteiger partial charge in [0.2, 0.25) is 0 Å². The van der Waals surface area contributed by atoms with Crippen molar-refractivity contribution < 1.29 is 23.9 Å². The molecule has 1 aromatic rings. The van der Waals surface area contributed by atoms with Gasteiger partial charge in [-0.05, 0) is 52.4 Å². The molecule has 11 heteroatoms. The Morgan fingerprint density at radius 1 is 1.00 bits per heavy atom. The minimum absolute atomic E-state index is 0.00722. The molecular formula is C32H50N6O5. The summed E-state index contributed by atoms with van der Waals surface area (Å²) in [6.07, 6.45) is 8.69. The Morgan fingerprint density at radius 2 is 1.67 bits per heavy atom. The minimum atomic E-state index is -0.414. The quantitative estimate of drug-likeness (QED) is 0.458. The molecule has 238 valence electrons. The lowest BCUT2D eigenvalue weighted by atomic mass is 9.74. The van der Waals surface area contributed by atoms with Crippen LogP contribution in [0.4, 0.5) is 9.59 Å². The van der Waals surface area contributed by atoms with Crippen LogP contribution in [0.3, 0.4) is 0 Å². The number of unbranched alkanes of at least 4 members (excludes halogenated alkanes) is 1. The first kappa shape index (κ1) is 31.5. The molecule has 0 N–H and O–H groups in total. The van der Waals surface area contributed by atoms with Gasteiger partial charge in [-0.25, -0.2) is 19.6 Å². The highest BCUT2D eigenvalue weighted by molar-refractivity contribution is 5.96. The minimum Gasteiger partial charge on any atom is -0.453 e. The monoisotopic (exact) mass is 598 g/mol. The van der Waals surface area contributed by atoms with Gasteiger partial charge >= 0.3 is 12.2 Å². The zero-order chi connectivity index (χ0) is 30.8. The predicted molar refractivity (Wildman–Crippen MR) is 162 cm³/mol. The maximum absolute atomic E-state index is 13.4. The number of hydrogen-bond acceptors (Lipinski definition) is 8. The summed E-state index contributed by atoms with van der Waals surface area (Å²) in [5.74, 6) is 0.579. The molecule has 0 radical (unpaired) electrons. The number of piperidine rings is 2. The van der Waals surface area contributed by atoms with Crippen molar-refractivity contribution >= 4 is 18.1 Å². The second-order valence-corrected chi connectivity index (χ2v) is 13.4. The molecule has 1 spiro atoms. The fourth-order valence-corrected chi connectivity index (χ4v) is 7.87. The number of likely N-dealkylation sites (tertiary alicyclic amines) is 3. The lowest BCUT2D eigenvalue weighted by molar-refractivity contribution is -0.134. The number of carbonyl (C=O) groups is 3. The summed E-state index contributed by atoms with van der Waals surface area (Å²) < 4.78 is 11.3. The molecule has 0 aromatic carbocycles. The van der Waals surface area contributed by atoms with E-state index in [0.29, 0.717) is 44.2 Å². The SMILES string of the molecule is CCCCC1CN(CC2CCN(C(=O)OC)C2)C(=O)OC12CCN(C1(C)CCN(C(=O)c3c(C)ncnc3C)CC1)CC2. The van der Waals surface area contributed by atoms with E-state index in [2.05, 4.69) is 28.7 Å². The summed E-state index contributed by atoms with van der Waals surface area (Å²) in [7, 11) is 1.41. The molecule has 11 nitrogen and oxygen atoms in total. The fourth-order valence-electron chi connectivity index (χ4n) is 7.87. The Hall–Kier alpha value is -2.95. The van der Waals surface area contributed by atoms with Gasteiger partial charge in [-0.3, -0.25) is 9.69 Å². The van der Waals surface area contributed by atoms with E-state index >= 15 is 0 Å². The van der Waals surface area contributed by atoms with Crippen LogP contribution in [-0.2, 0) is 9.47 Å². The third-order valence-corrected chi connectivity index (χ3v) is 10.8. The summed E-state index contributed by atoms with van der Waals surface area (Å²) in [6.45, 7) is 14.1. The lowest BCUT2D eigenvalue weighted by Crippen LogP contribution is -2.64. The van der Waals surface area contributed by atoms with Gasteiger partial charge in [0.25, 0.3) is 5.91 Å². The van der Waals surface area contributed by atoms with Crippen LogP contribution in [0.25, 0.3) is 0 Å². The maximum atomic E-state index is 13.4. The average Bonchev–Trinajstić information content (AvgIpc) is 3.46. The Morgan fingerprint density at radius 3 is 2.30 bits per heavy atom. The molecule has 4 fully saturated rings. The van der Waals surface area contributed by atoms with Crippen molar-refractivity contribution in [3.63, 3.8) is 0 Å². The Labute approximate surface area is 256 Å². The van der Waals surface area contributed by atoms with Crippen LogP contribution in [0, 0.1) is 25.7 Å². The van der Waals surface area contributed by atoms with Crippen molar-refractivity contribution in [3.05, 3.63) is 23.3 Å². The largest absolute Gasteiger partial charge is 0.453 e. The summed E-state index contributed by atoms with van der Waals surface area (Å²) in [5, 5.41) is 0. The van der Waals surface area contributed by atoms with Crippen LogP contribution in [0.15, 0.2) is 6.33 Å². The topological polar surface area (TPSA) is 108 Å². The van der Waals surface area contributed by atoms with Crippen LogP contribution < -0.4 is 0 Å². The Kier molecular flexibility index (Phi) is 9.49. The number of methoxy groups -OCH3 is 1. The molecule has 4 aliphatic rings. The highest BCUT2D eigenvalue weighted by Gasteiger charge is 2.52. The van der Waals surface area contributed by atoms with Crippen molar-refractivity contribution in [2.24, 2.45) is 11.8 Å². The molecule has 2 atom stereocenters. The molecular weight excluding hydrogens is 548 g/mol. The van der Waals surface area contributed by atoms with Gasteiger partial charge in [-0.15, -0.1) is 0 Å². The second-order valence-electron chi connectivity index (χ2n) is 13.4. The van der Waals surface area contributed by atoms with Gasteiger partial charge in [0, 0.05) is 76.7 Å². The van der Waals surface area contributed by atoms with Gasteiger partial charge in [0.05, 0.1) is 24.1 Å². The van der Waals surface area contributed by atoms with Crippen molar-refractivity contribution in [2.45, 2.75) is 90.2 Å². The molecule has 0 saturated carbocycles. The molecule has 4 saturated heterocycles. The normalized spacial score (nSPS) is 25.6. The Balaban J connectivity index is 1.18. The van der Waals surface area contributed by atoms with Crippen LogP contribution >= 0.6 is 0 Å². The molecule has 1 aromatic heterocycles. The van der Waals surface area contributed by atoms with Gasteiger partial charge in [0.1, 0.15) is 11.9 Å². The van der Waals surface area contributed by atoms with E-state index < -0.39 is 5.60 Å². The molecule has 3 amide bonds. The summed E-state index contributed by atoms with van der Waals surface area (Å²) >= 11 is 0. The number of aryl methyl sites for hydroxylation is 2. The van der Waals surface area contributed by atoms with Gasteiger partial charge in [-0.1, -0.05) is 19.8 Å². The molecule has 4 aliphatic heterocycles. The third kappa shape index (κ3) is 6.47. The van der Waals surface area contributed by atoms with Crippen molar-refractivity contribution in [3.8, 4) is 0 Å². The molecule has 43 heavy (non-hydrogen) atoms. The molecule has 2 unspecified atom stereocenters. The van der Waals surface area contributed by atoms with Gasteiger partial charge in [-0.2, -0.15) is 0 Å². The second kappa shape index (κ2) is 13.0. The van der Waals surface area contributed by atoms with Crippen molar-refractivity contribution in [2.75, 3.05) is 59.5 Å².